The van der Waals surface area contributed by atoms with Gasteiger partial charge in [0.2, 0.25) is 0 Å². The summed E-state index contributed by atoms with van der Waals surface area (Å²) in [6, 6.07) is 2.29. The van der Waals surface area contributed by atoms with Gasteiger partial charge >= 0.3 is 0 Å². The molecule has 0 aliphatic heterocycles. The number of hydrogen-bond acceptors (Lipinski definition) is 2. The Bertz CT molecular complexity index is 269. The van der Waals surface area contributed by atoms with Crippen molar-refractivity contribution in [3.63, 3.8) is 0 Å². The molecule has 72 valence electrons. The molecule has 2 N–H and O–H groups in total. The standard InChI is InChI=1S/C11H18N2/c1-4-10(9(3)12)11-5-6-13-7-8(11)2/h5-7,9-10H,4,12H2,1-3H3. The molecule has 0 saturated heterocycles. The Labute approximate surface area is 80.2 Å². The molecular formula is C11H18N2. The molecule has 13 heavy (non-hydrogen) atoms. The molecular weight excluding hydrogens is 160 g/mol. The molecule has 0 fully saturated rings. The first-order valence-corrected chi connectivity index (χ1v) is 4.83. The van der Waals surface area contributed by atoms with Crippen molar-refractivity contribution in [2.24, 2.45) is 5.73 Å². The summed E-state index contributed by atoms with van der Waals surface area (Å²) in [6.07, 6.45) is 4.83. The summed E-state index contributed by atoms with van der Waals surface area (Å²) in [6.45, 7) is 6.33. The molecule has 0 aromatic carbocycles. The summed E-state index contributed by atoms with van der Waals surface area (Å²) in [4.78, 5) is 4.08. The Hall–Kier alpha value is -0.890. The van der Waals surface area contributed by atoms with Crippen LogP contribution in [0.3, 0.4) is 0 Å². The summed E-state index contributed by atoms with van der Waals surface area (Å²) >= 11 is 0. The lowest BCUT2D eigenvalue weighted by Gasteiger charge is -2.20. The Morgan fingerprint density at radius 2 is 2.23 bits per heavy atom. The second-order valence-corrected chi connectivity index (χ2v) is 3.61. The van der Waals surface area contributed by atoms with Crippen LogP contribution in [0.4, 0.5) is 0 Å². The van der Waals surface area contributed by atoms with Crippen molar-refractivity contribution in [2.45, 2.75) is 39.2 Å². The monoisotopic (exact) mass is 178 g/mol. The van der Waals surface area contributed by atoms with Crippen LogP contribution in [-0.2, 0) is 0 Å². The predicted octanol–water partition coefficient (Wildman–Crippen LogP) is 2.23. The molecule has 0 saturated carbocycles. The smallest absolute Gasteiger partial charge is 0.0299 e. The molecule has 0 aliphatic carbocycles. The average molecular weight is 178 g/mol. The van der Waals surface area contributed by atoms with Gasteiger partial charge in [-0.05, 0) is 43.4 Å². The van der Waals surface area contributed by atoms with Gasteiger partial charge in [-0.2, -0.15) is 0 Å². The SMILES string of the molecule is CCC(c1ccncc1C)C(C)N. The van der Waals surface area contributed by atoms with E-state index < -0.39 is 0 Å². The summed E-state index contributed by atoms with van der Waals surface area (Å²) in [5, 5.41) is 0. The van der Waals surface area contributed by atoms with Gasteiger partial charge in [0.1, 0.15) is 0 Å². The first-order valence-electron chi connectivity index (χ1n) is 4.83. The quantitative estimate of drug-likeness (QED) is 0.771. The summed E-state index contributed by atoms with van der Waals surface area (Å²) < 4.78 is 0. The van der Waals surface area contributed by atoms with Gasteiger partial charge < -0.3 is 5.73 Å². The number of hydrogen-bond donors (Lipinski definition) is 1. The topological polar surface area (TPSA) is 38.9 Å². The first kappa shape index (κ1) is 10.2. The summed E-state index contributed by atoms with van der Waals surface area (Å²) in [5.74, 6) is 0.461. The van der Waals surface area contributed by atoms with E-state index >= 15 is 0 Å². The van der Waals surface area contributed by atoms with Crippen LogP contribution in [0.2, 0.25) is 0 Å². The maximum absolute atomic E-state index is 5.93. The van der Waals surface area contributed by atoms with Crippen LogP contribution >= 0.6 is 0 Å². The van der Waals surface area contributed by atoms with Gasteiger partial charge in [-0.3, -0.25) is 4.98 Å². The number of pyridine rings is 1. The average Bonchev–Trinajstić information content (AvgIpc) is 2.09. The molecule has 1 heterocycles. The van der Waals surface area contributed by atoms with Gasteiger partial charge in [0, 0.05) is 18.4 Å². The highest BCUT2D eigenvalue weighted by Gasteiger charge is 2.15. The molecule has 2 atom stereocenters. The zero-order valence-corrected chi connectivity index (χ0v) is 8.62. The molecule has 1 rings (SSSR count). The van der Waals surface area contributed by atoms with Crippen LogP contribution in [0, 0.1) is 6.92 Å². The van der Waals surface area contributed by atoms with E-state index in [4.69, 9.17) is 5.73 Å². The van der Waals surface area contributed by atoms with Crippen LogP contribution < -0.4 is 5.73 Å². The van der Waals surface area contributed by atoms with E-state index in [-0.39, 0.29) is 6.04 Å². The highest BCUT2D eigenvalue weighted by atomic mass is 14.6. The van der Waals surface area contributed by atoms with Crippen LogP contribution in [0.1, 0.15) is 37.3 Å². The molecule has 0 aliphatic rings. The Morgan fingerprint density at radius 1 is 1.54 bits per heavy atom. The maximum Gasteiger partial charge on any atom is 0.0299 e. The summed E-state index contributed by atoms with van der Waals surface area (Å²) in [7, 11) is 0. The number of nitrogens with zero attached hydrogens (tertiary/aromatic N) is 1. The minimum atomic E-state index is 0.214. The Morgan fingerprint density at radius 3 is 2.69 bits per heavy atom. The van der Waals surface area contributed by atoms with Crippen LogP contribution in [-0.4, -0.2) is 11.0 Å². The van der Waals surface area contributed by atoms with Crippen molar-refractivity contribution in [3.8, 4) is 0 Å². The van der Waals surface area contributed by atoms with Gasteiger partial charge in [0.05, 0.1) is 0 Å². The zero-order valence-electron chi connectivity index (χ0n) is 8.62. The van der Waals surface area contributed by atoms with Crippen molar-refractivity contribution in [3.05, 3.63) is 29.6 Å². The normalized spacial score (nSPS) is 15.4. The van der Waals surface area contributed by atoms with Gasteiger partial charge in [-0.25, -0.2) is 0 Å². The van der Waals surface area contributed by atoms with E-state index in [1.54, 1.807) is 0 Å². The number of nitrogens with two attached hydrogens (primary N) is 1. The molecule has 0 spiro atoms. The molecule has 1 aromatic heterocycles. The zero-order chi connectivity index (χ0) is 9.84. The van der Waals surface area contributed by atoms with Gasteiger partial charge in [0.25, 0.3) is 0 Å². The maximum atomic E-state index is 5.93. The molecule has 0 radical (unpaired) electrons. The molecule has 2 heteroatoms. The molecule has 2 unspecified atom stereocenters. The first-order chi connectivity index (χ1) is 6.16. The third-order valence-corrected chi connectivity index (χ3v) is 2.54. The minimum Gasteiger partial charge on any atom is -0.327 e. The predicted molar refractivity (Wildman–Crippen MR) is 55.7 cm³/mol. The third kappa shape index (κ3) is 2.28. The van der Waals surface area contributed by atoms with Gasteiger partial charge in [-0.15, -0.1) is 0 Å². The van der Waals surface area contributed by atoms with Crippen molar-refractivity contribution >= 4 is 0 Å². The van der Waals surface area contributed by atoms with E-state index in [1.807, 2.05) is 12.4 Å². The highest BCUT2D eigenvalue weighted by molar-refractivity contribution is 5.26. The van der Waals surface area contributed by atoms with Crippen LogP contribution in [0.15, 0.2) is 18.5 Å². The fraction of sp³-hybridized carbons (Fsp3) is 0.545. The molecule has 0 bridgehead atoms. The van der Waals surface area contributed by atoms with Gasteiger partial charge in [0.15, 0.2) is 0 Å². The lowest BCUT2D eigenvalue weighted by atomic mass is 9.89. The Kier molecular flexibility index (Phi) is 3.43. The van der Waals surface area contributed by atoms with Gasteiger partial charge in [-0.1, -0.05) is 6.92 Å². The number of aromatic nitrogens is 1. The fourth-order valence-corrected chi connectivity index (χ4v) is 1.78. The van der Waals surface area contributed by atoms with E-state index in [0.717, 1.165) is 6.42 Å². The van der Waals surface area contributed by atoms with E-state index in [0.29, 0.717) is 5.92 Å². The van der Waals surface area contributed by atoms with Crippen molar-refractivity contribution in [1.82, 2.24) is 4.98 Å². The number of rotatable bonds is 3. The minimum absolute atomic E-state index is 0.214. The molecule has 2 nitrogen and oxygen atoms in total. The third-order valence-electron chi connectivity index (χ3n) is 2.54. The van der Waals surface area contributed by atoms with E-state index in [9.17, 15) is 0 Å². The van der Waals surface area contributed by atoms with Crippen molar-refractivity contribution in [1.29, 1.82) is 0 Å². The fourth-order valence-electron chi connectivity index (χ4n) is 1.78. The molecule has 0 amide bonds. The lowest BCUT2D eigenvalue weighted by molar-refractivity contribution is 0.549. The van der Waals surface area contributed by atoms with Crippen molar-refractivity contribution < 1.29 is 0 Å². The second-order valence-electron chi connectivity index (χ2n) is 3.61. The largest absolute Gasteiger partial charge is 0.327 e. The summed E-state index contributed by atoms with van der Waals surface area (Å²) in [5.41, 5.74) is 8.51. The Balaban J connectivity index is 2.97. The second kappa shape index (κ2) is 4.38. The number of aryl methyl sites for hydroxylation is 1. The van der Waals surface area contributed by atoms with E-state index in [2.05, 4.69) is 31.8 Å². The molecule has 1 aromatic rings. The van der Waals surface area contributed by atoms with Crippen molar-refractivity contribution in [2.75, 3.05) is 0 Å². The van der Waals surface area contributed by atoms with E-state index in [1.165, 1.54) is 11.1 Å². The van der Waals surface area contributed by atoms with Crippen LogP contribution in [0.5, 0.6) is 0 Å². The lowest BCUT2D eigenvalue weighted by Crippen LogP contribution is -2.24. The highest BCUT2D eigenvalue weighted by Crippen LogP contribution is 2.24. The van der Waals surface area contributed by atoms with Crippen LogP contribution in [0.25, 0.3) is 0 Å².